The van der Waals surface area contributed by atoms with Crippen LogP contribution in [0.25, 0.3) is 11.0 Å². The number of anilines is 1. The number of methoxy groups -OCH3 is 2. The van der Waals surface area contributed by atoms with Crippen molar-refractivity contribution in [3.63, 3.8) is 0 Å². The summed E-state index contributed by atoms with van der Waals surface area (Å²) in [6.07, 6.45) is 5.32. The number of rotatable bonds is 5. The average molecular weight is 496 g/mol. The van der Waals surface area contributed by atoms with Gasteiger partial charge >= 0.3 is 0 Å². The number of amides is 1. The third-order valence-electron chi connectivity index (χ3n) is 7.07. The zero-order valence-electron chi connectivity index (χ0n) is 20.3. The fourth-order valence-electron chi connectivity index (χ4n) is 5.40. The van der Waals surface area contributed by atoms with Crippen molar-refractivity contribution in [3.05, 3.63) is 64.6 Å². The van der Waals surface area contributed by atoms with Gasteiger partial charge in [0.05, 0.1) is 36.3 Å². The molecule has 7 nitrogen and oxygen atoms in total. The summed E-state index contributed by atoms with van der Waals surface area (Å²) in [5.41, 5.74) is 3.06. The first kappa shape index (κ1) is 23.4. The fraction of sp³-hybridized carbons (Fsp3) is 0.370. The van der Waals surface area contributed by atoms with Gasteiger partial charge in [-0.05, 0) is 37.1 Å². The molecule has 5 rings (SSSR count). The highest BCUT2D eigenvalue weighted by Gasteiger charge is 2.42. The molecule has 1 aliphatic carbocycles. The molecule has 1 aliphatic heterocycles. The van der Waals surface area contributed by atoms with E-state index in [4.69, 9.17) is 25.5 Å². The average Bonchev–Trinajstić information content (AvgIpc) is 3.27. The molecule has 1 saturated carbocycles. The highest BCUT2D eigenvalue weighted by molar-refractivity contribution is 6.34. The maximum absolute atomic E-state index is 13.4. The number of carbonyl (C=O) groups is 1. The molecule has 1 amide bonds. The van der Waals surface area contributed by atoms with Gasteiger partial charge in [-0.25, -0.2) is 0 Å². The Morgan fingerprint density at radius 2 is 1.94 bits per heavy atom. The second-order valence-corrected chi connectivity index (χ2v) is 9.75. The van der Waals surface area contributed by atoms with E-state index >= 15 is 0 Å². The number of ether oxygens (including phenoxy) is 2. The van der Waals surface area contributed by atoms with Gasteiger partial charge in [0.2, 0.25) is 0 Å². The zero-order chi connectivity index (χ0) is 24.7. The summed E-state index contributed by atoms with van der Waals surface area (Å²) in [4.78, 5) is 15.0. The van der Waals surface area contributed by atoms with Crippen molar-refractivity contribution in [2.45, 2.75) is 44.2 Å². The van der Waals surface area contributed by atoms with E-state index in [0.29, 0.717) is 28.6 Å². The topological polar surface area (TPSA) is 76.0 Å². The Hall–Kier alpha value is -3.32. The number of fused-ring (bicyclic) bond motifs is 4. The number of hydrogen-bond acceptors (Lipinski definition) is 6. The highest BCUT2D eigenvalue weighted by atomic mass is 35.5. The second-order valence-electron chi connectivity index (χ2n) is 9.35. The van der Waals surface area contributed by atoms with Crippen molar-refractivity contribution in [3.8, 4) is 11.5 Å². The molecule has 2 aromatic carbocycles. The molecule has 8 heteroatoms. The first-order chi connectivity index (χ1) is 16.8. The smallest absolute Gasteiger partial charge is 0.289 e. The Balaban J connectivity index is 1.51. The van der Waals surface area contributed by atoms with Crippen LogP contribution in [0.1, 0.15) is 53.8 Å². The Bertz CT molecular complexity index is 1310. The molecule has 0 atom stereocenters. The summed E-state index contributed by atoms with van der Waals surface area (Å²) < 4.78 is 17.1. The lowest BCUT2D eigenvalue weighted by Gasteiger charge is -2.44. The minimum atomic E-state index is -0.306. The van der Waals surface area contributed by atoms with Crippen molar-refractivity contribution in [1.82, 2.24) is 10.2 Å². The summed E-state index contributed by atoms with van der Waals surface area (Å²) in [5, 5.41) is 8.28. The highest BCUT2D eigenvalue weighted by Crippen LogP contribution is 2.49. The summed E-state index contributed by atoms with van der Waals surface area (Å²) >= 11 is 6.71. The number of carbonyl (C=O) groups excluding carboxylic acids is 1. The van der Waals surface area contributed by atoms with Gasteiger partial charge in [-0.2, -0.15) is 0 Å². The van der Waals surface area contributed by atoms with Gasteiger partial charge in [-0.1, -0.05) is 37.4 Å². The van der Waals surface area contributed by atoms with Crippen LogP contribution >= 0.6 is 11.6 Å². The Morgan fingerprint density at radius 3 is 2.66 bits per heavy atom. The van der Waals surface area contributed by atoms with Gasteiger partial charge in [0, 0.05) is 36.2 Å². The largest absolute Gasteiger partial charge is 0.497 e. The fourth-order valence-corrected chi connectivity index (χ4v) is 5.65. The summed E-state index contributed by atoms with van der Waals surface area (Å²) in [7, 11) is 4.95. The molecule has 3 aromatic rings. The predicted molar refractivity (Wildman–Crippen MR) is 137 cm³/mol. The van der Waals surface area contributed by atoms with Gasteiger partial charge in [-0.15, -0.1) is 0 Å². The Morgan fingerprint density at radius 1 is 1.17 bits per heavy atom. The third-order valence-corrected chi connectivity index (χ3v) is 7.37. The molecule has 1 aromatic heterocycles. The third kappa shape index (κ3) is 4.08. The van der Waals surface area contributed by atoms with E-state index in [1.807, 2.05) is 18.2 Å². The van der Waals surface area contributed by atoms with E-state index < -0.39 is 0 Å². The van der Waals surface area contributed by atoms with Crippen LogP contribution in [0.4, 0.5) is 5.69 Å². The van der Waals surface area contributed by atoms with Crippen molar-refractivity contribution in [2.24, 2.45) is 0 Å². The molecule has 184 valence electrons. The molecule has 35 heavy (non-hydrogen) atoms. The molecule has 1 spiro atoms. The number of furan rings is 1. The molecule has 1 fully saturated rings. The van der Waals surface area contributed by atoms with Crippen molar-refractivity contribution >= 4 is 34.2 Å². The van der Waals surface area contributed by atoms with Gasteiger partial charge in [0.15, 0.2) is 5.76 Å². The van der Waals surface area contributed by atoms with Gasteiger partial charge in [0.25, 0.3) is 5.91 Å². The number of halogens is 1. The maximum Gasteiger partial charge on any atom is 0.289 e. The molecule has 2 aliphatic rings. The summed E-state index contributed by atoms with van der Waals surface area (Å²) in [6, 6.07) is 9.19. The molecule has 0 unspecified atom stereocenters. The van der Waals surface area contributed by atoms with Crippen LogP contribution in [0.3, 0.4) is 0 Å². The van der Waals surface area contributed by atoms with Crippen LogP contribution in [-0.4, -0.2) is 32.1 Å². The minimum Gasteiger partial charge on any atom is -0.497 e. The number of benzene rings is 2. The van der Waals surface area contributed by atoms with E-state index in [9.17, 15) is 4.79 Å². The minimum absolute atomic E-state index is 0.220. The number of nitrogens with zero attached hydrogens (tertiary/aromatic N) is 1. The quantitative estimate of drug-likeness (QED) is 0.450. The van der Waals surface area contributed by atoms with Crippen LogP contribution < -0.4 is 20.1 Å². The second kappa shape index (κ2) is 9.04. The molecule has 2 N–H and O–H groups in total. The molecule has 0 bridgehead atoms. The number of nitrogens with one attached hydrogen (secondary N) is 2. The Labute approximate surface area is 210 Å². The first-order valence-electron chi connectivity index (χ1n) is 11.8. The lowest BCUT2D eigenvalue weighted by molar-refractivity contribution is 0.0754. The van der Waals surface area contributed by atoms with Crippen LogP contribution in [0, 0.1) is 0 Å². The van der Waals surface area contributed by atoms with Crippen LogP contribution in [-0.2, 0) is 12.1 Å². The molecule has 0 radical (unpaired) electrons. The van der Waals surface area contributed by atoms with Crippen LogP contribution in [0.5, 0.6) is 11.5 Å². The van der Waals surface area contributed by atoms with E-state index in [1.165, 1.54) is 6.42 Å². The molecule has 2 heterocycles. The monoisotopic (exact) mass is 495 g/mol. The molecule has 0 saturated heterocycles. The maximum atomic E-state index is 13.4. The van der Waals surface area contributed by atoms with Gasteiger partial charge in [0.1, 0.15) is 17.1 Å². The first-order valence-corrected chi connectivity index (χ1v) is 12.2. The lowest BCUT2D eigenvalue weighted by Crippen LogP contribution is -2.48. The van der Waals surface area contributed by atoms with Gasteiger partial charge < -0.3 is 29.4 Å². The van der Waals surface area contributed by atoms with Crippen LogP contribution in [0.15, 0.2) is 47.1 Å². The lowest BCUT2D eigenvalue weighted by atomic mass is 9.74. The van der Waals surface area contributed by atoms with E-state index in [-0.39, 0.29) is 17.2 Å². The van der Waals surface area contributed by atoms with Crippen molar-refractivity contribution < 1.29 is 18.7 Å². The van der Waals surface area contributed by atoms with E-state index in [2.05, 4.69) is 17.2 Å². The molecular weight excluding hydrogens is 466 g/mol. The zero-order valence-corrected chi connectivity index (χ0v) is 21.1. The SMILES string of the molecule is C=C1Nc2c(Cl)cc3cc(C(=O)N(C)Cc4ccc(OC)cc4OC)oc3c2C2(CCCCC2)N1. The van der Waals surface area contributed by atoms with Crippen LogP contribution in [0.2, 0.25) is 5.02 Å². The number of hydrogen-bond donors (Lipinski definition) is 2. The van der Waals surface area contributed by atoms with Crippen molar-refractivity contribution in [2.75, 3.05) is 26.6 Å². The van der Waals surface area contributed by atoms with Crippen molar-refractivity contribution in [1.29, 1.82) is 0 Å². The molecular formula is C27H30ClN3O4. The summed E-state index contributed by atoms with van der Waals surface area (Å²) in [5.74, 6) is 2.14. The standard InChI is InChI=1S/C27H30ClN3O4/c1-16-29-24-20(28)12-18-13-22(35-25(18)23(24)27(30-16)10-6-5-7-11-27)26(32)31(2)15-17-8-9-19(33-3)14-21(17)34-4/h8-9,12-14,29-30H,1,5-7,10-11,15H2,2-4H3. The predicted octanol–water partition coefficient (Wildman–Crippen LogP) is 6.02. The van der Waals surface area contributed by atoms with E-state index in [1.54, 1.807) is 38.3 Å². The normalized spacial score (nSPS) is 16.4. The Kier molecular flexibility index (Phi) is 6.05. The van der Waals surface area contributed by atoms with Gasteiger partial charge in [-0.3, -0.25) is 4.79 Å². The van der Waals surface area contributed by atoms with E-state index in [0.717, 1.165) is 53.7 Å². The summed E-state index contributed by atoms with van der Waals surface area (Å²) in [6.45, 7) is 4.47.